The van der Waals surface area contributed by atoms with E-state index < -0.39 is 0 Å². The van der Waals surface area contributed by atoms with E-state index in [2.05, 4.69) is 24.1 Å². The predicted octanol–water partition coefficient (Wildman–Crippen LogP) is 3.71. The Morgan fingerprint density at radius 2 is 1.67 bits per heavy atom. The highest BCUT2D eigenvalue weighted by Gasteiger charge is 2.09. The van der Waals surface area contributed by atoms with Crippen molar-refractivity contribution < 1.29 is 4.79 Å². The third kappa shape index (κ3) is 4.35. The normalized spacial score (nSPS) is 10.2. The molecule has 0 radical (unpaired) electrons. The molecule has 0 fully saturated rings. The van der Waals surface area contributed by atoms with Crippen LogP contribution in [-0.2, 0) is 11.2 Å². The fourth-order valence-electron chi connectivity index (χ4n) is 2.22. The quantitative estimate of drug-likeness (QED) is 0.876. The Balaban J connectivity index is 1.96. The summed E-state index contributed by atoms with van der Waals surface area (Å²) in [5.41, 5.74) is 3.19. The summed E-state index contributed by atoms with van der Waals surface area (Å²) in [7, 11) is 0. The van der Waals surface area contributed by atoms with Crippen molar-refractivity contribution in [1.29, 1.82) is 0 Å². The van der Waals surface area contributed by atoms with Gasteiger partial charge in [0.2, 0.25) is 5.91 Å². The van der Waals surface area contributed by atoms with Crippen LogP contribution in [0.2, 0.25) is 0 Å². The van der Waals surface area contributed by atoms with Crippen LogP contribution in [0, 0.1) is 0 Å². The van der Waals surface area contributed by atoms with Crippen molar-refractivity contribution in [3.63, 3.8) is 0 Å². The third-order valence-electron chi connectivity index (χ3n) is 3.48. The maximum Gasteiger partial charge on any atom is 0.243 e. The van der Waals surface area contributed by atoms with Crippen LogP contribution in [0.3, 0.4) is 0 Å². The molecule has 1 N–H and O–H groups in total. The molecule has 21 heavy (non-hydrogen) atoms. The lowest BCUT2D eigenvalue weighted by Gasteiger charge is -2.22. The van der Waals surface area contributed by atoms with Crippen LogP contribution in [-0.4, -0.2) is 19.0 Å². The number of hydrogen-bond donors (Lipinski definition) is 1. The molecule has 0 aliphatic carbocycles. The van der Waals surface area contributed by atoms with Gasteiger partial charge >= 0.3 is 0 Å². The first-order valence-electron chi connectivity index (χ1n) is 7.41. The Morgan fingerprint density at radius 1 is 1.00 bits per heavy atom. The second-order valence-electron chi connectivity index (χ2n) is 4.95. The average molecular weight is 282 g/mol. The summed E-state index contributed by atoms with van der Waals surface area (Å²) in [4.78, 5) is 14.2. The van der Waals surface area contributed by atoms with Crippen molar-refractivity contribution in [3.05, 3.63) is 60.2 Å². The van der Waals surface area contributed by atoms with Gasteiger partial charge in [-0.2, -0.15) is 0 Å². The molecule has 3 heteroatoms. The summed E-state index contributed by atoms with van der Waals surface area (Å²) in [6.45, 7) is 5.32. The molecule has 110 valence electrons. The molecule has 0 aromatic heterocycles. The van der Waals surface area contributed by atoms with Crippen molar-refractivity contribution in [1.82, 2.24) is 0 Å². The second-order valence-corrected chi connectivity index (χ2v) is 4.95. The van der Waals surface area contributed by atoms with Crippen LogP contribution < -0.4 is 10.2 Å². The van der Waals surface area contributed by atoms with Crippen molar-refractivity contribution in [3.8, 4) is 0 Å². The van der Waals surface area contributed by atoms with Crippen LogP contribution in [0.15, 0.2) is 54.6 Å². The van der Waals surface area contributed by atoms with Gasteiger partial charge in [-0.3, -0.25) is 4.79 Å². The zero-order valence-electron chi connectivity index (χ0n) is 12.7. The molecule has 0 atom stereocenters. The molecular formula is C18H22N2O. The Labute approximate surface area is 126 Å². The number of carbonyl (C=O) groups excluding carboxylic acids is 1. The molecule has 2 rings (SSSR count). The summed E-state index contributed by atoms with van der Waals surface area (Å²) in [5.74, 6) is 0.00458. The topological polar surface area (TPSA) is 32.3 Å². The largest absolute Gasteiger partial charge is 0.362 e. The first kappa shape index (κ1) is 15.1. The second kappa shape index (κ2) is 7.48. The molecule has 0 bridgehead atoms. The lowest BCUT2D eigenvalue weighted by atomic mass is 10.1. The average Bonchev–Trinajstić information content (AvgIpc) is 2.54. The molecule has 0 unspecified atom stereocenters. The van der Waals surface area contributed by atoms with Gasteiger partial charge in [0.15, 0.2) is 0 Å². The molecular weight excluding hydrogens is 260 g/mol. The Kier molecular flexibility index (Phi) is 5.38. The number of aryl methyl sites for hydroxylation is 1. The summed E-state index contributed by atoms with van der Waals surface area (Å²) in [6, 6.07) is 18.0. The number of likely N-dealkylation sites (N-methyl/N-ethyl adjacent to an activating group) is 1. The minimum absolute atomic E-state index is 0.00458. The molecule has 0 saturated carbocycles. The lowest BCUT2D eigenvalue weighted by molar-refractivity contribution is -0.115. The third-order valence-corrected chi connectivity index (χ3v) is 3.48. The number of carbonyl (C=O) groups is 1. The fraction of sp³-hybridized carbons (Fsp3) is 0.278. The molecule has 2 aromatic carbocycles. The van der Waals surface area contributed by atoms with Crippen molar-refractivity contribution in [2.24, 2.45) is 0 Å². The van der Waals surface area contributed by atoms with Crippen molar-refractivity contribution >= 4 is 17.3 Å². The van der Waals surface area contributed by atoms with Crippen LogP contribution in [0.25, 0.3) is 0 Å². The van der Waals surface area contributed by atoms with Gasteiger partial charge in [-0.05, 0) is 43.2 Å². The highest BCUT2D eigenvalue weighted by atomic mass is 16.2. The molecule has 0 saturated heterocycles. The Morgan fingerprint density at radius 3 is 2.24 bits per heavy atom. The van der Waals surface area contributed by atoms with Gasteiger partial charge in [0.1, 0.15) is 0 Å². The number of anilines is 2. The van der Waals surface area contributed by atoms with Crippen LogP contribution in [0.4, 0.5) is 11.4 Å². The summed E-state index contributed by atoms with van der Waals surface area (Å²) in [5, 5.41) is 2.95. The zero-order chi connectivity index (χ0) is 15.1. The van der Waals surface area contributed by atoms with E-state index in [0.29, 0.717) is 6.54 Å². The molecule has 0 aliphatic rings. The maximum atomic E-state index is 12.2. The number of rotatable bonds is 6. The van der Waals surface area contributed by atoms with Gasteiger partial charge in [0.25, 0.3) is 0 Å². The molecule has 0 heterocycles. The fourth-order valence-corrected chi connectivity index (χ4v) is 2.22. The minimum atomic E-state index is 0.00458. The van der Waals surface area contributed by atoms with Crippen molar-refractivity contribution in [2.75, 3.05) is 23.3 Å². The minimum Gasteiger partial charge on any atom is -0.362 e. The summed E-state index contributed by atoms with van der Waals surface area (Å²) in [6.07, 6.45) is 1.01. The molecule has 1 amide bonds. The standard InChI is InChI=1S/C18H22N2O/c1-3-15-10-12-16(13-11-15)19-18(21)14-20(4-2)17-8-6-5-7-9-17/h5-13H,3-4,14H2,1-2H3,(H,19,21). The van der Waals surface area contributed by atoms with Crippen LogP contribution in [0.5, 0.6) is 0 Å². The predicted molar refractivity (Wildman–Crippen MR) is 88.8 cm³/mol. The molecule has 2 aromatic rings. The Bertz CT molecular complexity index is 564. The van der Waals surface area contributed by atoms with Gasteiger partial charge in [-0.15, -0.1) is 0 Å². The molecule has 0 spiro atoms. The monoisotopic (exact) mass is 282 g/mol. The first-order chi connectivity index (χ1) is 10.2. The van der Waals surface area contributed by atoms with Gasteiger partial charge in [-0.25, -0.2) is 0 Å². The highest BCUT2D eigenvalue weighted by molar-refractivity contribution is 5.94. The van der Waals surface area contributed by atoms with Gasteiger partial charge < -0.3 is 10.2 Å². The lowest BCUT2D eigenvalue weighted by Crippen LogP contribution is -2.33. The van der Waals surface area contributed by atoms with Gasteiger partial charge in [0, 0.05) is 17.9 Å². The SMILES string of the molecule is CCc1ccc(NC(=O)CN(CC)c2ccccc2)cc1. The number of para-hydroxylation sites is 1. The number of nitrogens with one attached hydrogen (secondary N) is 1. The van der Waals surface area contributed by atoms with E-state index in [-0.39, 0.29) is 5.91 Å². The van der Waals surface area contributed by atoms with Crippen LogP contribution >= 0.6 is 0 Å². The first-order valence-corrected chi connectivity index (χ1v) is 7.41. The number of amides is 1. The van der Waals surface area contributed by atoms with Crippen molar-refractivity contribution in [2.45, 2.75) is 20.3 Å². The number of nitrogens with zero attached hydrogens (tertiary/aromatic N) is 1. The van der Waals surface area contributed by atoms with E-state index >= 15 is 0 Å². The molecule has 0 aliphatic heterocycles. The Hall–Kier alpha value is -2.29. The number of hydrogen-bond acceptors (Lipinski definition) is 2. The summed E-state index contributed by atoms with van der Waals surface area (Å²) < 4.78 is 0. The van der Waals surface area contributed by atoms with E-state index in [4.69, 9.17) is 0 Å². The highest BCUT2D eigenvalue weighted by Crippen LogP contribution is 2.14. The van der Waals surface area contributed by atoms with E-state index in [1.54, 1.807) is 0 Å². The van der Waals surface area contributed by atoms with Gasteiger partial charge in [-0.1, -0.05) is 37.3 Å². The smallest absolute Gasteiger partial charge is 0.243 e. The number of benzene rings is 2. The van der Waals surface area contributed by atoms with E-state index in [1.807, 2.05) is 54.6 Å². The van der Waals surface area contributed by atoms with Gasteiger partial charge in [0.05, 0.1) is 6.54 Å². The maximum absolute atomic E-state index is 12.2. The van der Waals surface area contributed by atoms with E-state index in [9.17, 15) is 4.79 Å². The van der Waals surface area contributed by atoms with Crippen LogP contribution in [0.1, 0.15) is 19.4 Å². The summed E-state index contributed by atoms with van der Waals surface area (Å²) >= 11 is 0. The van der Waals surface area contributed by atoms with E-state index in [1.165, 1.54) is 5.56 Å². The van der Waals surface area contributed by atoms with E-state index in [0.717, 1.165) is 24.3 Å². The zero-order valence-corrected chi connectivity index (χ0v) is 12.7. The molecule has 3 nitrogen and oxygen atoms in total.